The summed E-state index contributed by atoms with van der Waals surface area (Å²) in [5, 5.41) is 1.13. The lowest BCUT2D eigenvalue weighted by atomic mass is 9.77. The third kappa shape index (κ3) is 2.25. The second-order valence-corrected chi connectivity index (χ2v) is 10.6. The third-order valence-corrected chi connectivity index (χ3v) is 7.86. The first-order valence-corrected chi connectivity index (χ1v) is 11.5. The van der Waals surface area contributed by atoms with Crippen molar-refractivity contribution >= 4 is 28.4 Å². The predicted molar refractivity (Wildman–Crippen MR) is 127 cm³/mol. The SMILES string of the molecule is CO[C@]12c3c(c4ccccc4n3C)[C@H](C3C(=O)N(c4ccc(C)cc4)C(=O)C31)N2C(C)(C)C. The maximum atomic E-state index is 14.0. The van der Waals surface area contributed by atoms with Crippen LogP contribution < -0.4 is 4.90 Å². The van der Waals surface area contributed by atoms with Crippen LogP contribution in [0.1, 0.15) is 43.6 Å². The Bertz CT molecular complexity index is 1330. The van der Waals surface area contributed by atoms with E-state index < -0.39 is 17.6 Å². The normalized spacial score (nSPS) is 28.8. The number of para-hydroxylation sites is 1. The fourth-order valence-corrected chi connectivity index (χ4v) is 6.85. The van der Waals surface area contributed by atoms with Crippen LogP contribution in [0.5, 0.6) is 0 Å². The summed E-state index contributed by atoms with van der Waals surface area (Å²) in [6.45, 7) is 8.40. The van der Waals surface area contributed by atoms with Crippen LogP contribution in [0.25, 0.3) is 10.9 Å². The molecule has 2 amide bonds. The fraction of sp³-hybridized carbons (Fsp3) is 0.407. The van der Waals surface area contributed by atoms with Gasteiger partial charge in [0, 0.05) is 36.2 Å². The van der Waals surface area contributed by atoms with E-state index >= 15 is 0 Å². The highest BCUT2D eigenvalue weighted by atomic mass is 16.5. The van der Waals surface area contributed by atoms with E-state index in [2.05, 4.69) is 42.4 Å². The lowest BCUT2D eigenvalue weighted by molar-refractivity contribution is -0.183. The average Bonchev–Trinajstić information content (AvgIpc) is 3.44. The Kier molecular flexibility index (Phi) is 3.96. The molecule has 0 N–H and O–H groups in total. The van der Waals surface area contributed by atoms with E-state index in [9.17, 15) is 9.59 Å². The molecule has 6 nitrogen and oxygen atoms in total. The van der Waals surface area contributed by atoms with Gasteiger partial charge in [-0.15, -0.1) is 0 Å². The number of amides is 2. The second-order valence-electron chi connectivity index (χ2n) is 10.6. The van der Waals surface area contributed by atoms with Gasteiger partial charge in [0.25, 0.3) is 0 Å². The van der Waals surface area contributed by atoms with Crippen molar-refractivity contribution in [1.29, 1.82) is 0 Å². The van der Waals surface area contributed by atoms with Crippen molar-refractivity contribution in [3.05, 3.63) is 65.4 Å². The number of anilines is 1. The summed E-state index contributed by atoms with van der Waals surface area (Å²) >= 11 is 0. The van der Waals surface area contributed by atoms with E-state index in [0.29, 0.717) is 5.69 Å². The van der Waals surface area contributed by atoms with Crippen LogP contribution in [0.15, 0.2) is 48.5 Å². The van der Waals surface area contributed by atoms with Crippen molar-refractivity contribution < 1.29 is 14.3 Å². The number of methoxy groups -OCH3 is 1. The minimum atomic E-state index is -1.01. The Labute approximate surface area is 193 Å². The first-order chi connectivity index (χ1) is 15.6. The number of imide groups is 1. The van der Waals surface area contributed by atoms with Crippen LogP contribution in [0.2, 0.25) is 0 Å². The second kappa shape index (κ2) is 6.33. The van der Waals surface area contributed by atoms with Crippen molar-refractivity contribution in [3.8, 4) is 0 Å². The van der Waals surface area contributed by atoms with Gasteiger partial charge in [-0.1, -0.05) is 35.9 Å². The minimum absolute atomic E-state index is 0.134. The molecule has 6 heteroatoms. The monoisotopic (exact) mass is 443 g/mol. The van der Waals surface area contributed by atoms with Gasteiger partial charge in [0.15, 0.2) is 5.72 Å². The standard InChI is InChI=1S/C27H29N3O3/c1-15-11-13-16(14-12-15)29-24(31)20-21(25(29)32)27(33-6)23-19(22(20)30(27)26(2,3)4)17-9-7-8-10-18(17)28(23)5/h7-14,20-22H,1-6H3/t20?,21?,22-,27+/m1/s1. The number of fused-ring (bicyclic) bond motifs is 10. The summed E-state index contributed by atoms with van der Waals surface area (Å²) in [6, 6.07) is 15.6. The highest BCUT2D eigenvalue weighted by Gasteiger charge is 2.77. The molecule has 3 aromatic rings. The lowest BCUT2D eigenvalue weighted by Gasteiger charge is -2.45. The first kappa shape index (κ1) is 20.6. The Morgan fingerprint density at radius 3 is 2.27 bits per heavy atom. The lowest BCUT2D eigenvalue weighted by Crippen LogP contribution is -2.55. The van der Waals surface area contributed by atoms with E-state index in [0.717, 1.165) is 27.7 Å². The molecule has 3 aliphatic rings. The fourth-order valence-electron chi connectivity index (χ4n) is 6.85. The molecule has 3 aliphatic heterocycles. The largest absolute Gasteiger partial charge is 0.357 e. The summed E-state index contributed by atoms with van der Waals surface area (Å²) in [6.07, 6.45) is 0. The number of nitrogens with zero attached hydrogens (tertiary/aromatic N) is 3. The van der Waals surface area contributed by atoms with E-state index in [1.54, 1.807) is 7.11 Å². The molecule has 4 atom stereocenters. The number of carbonyl (C=O) groups excluding carboxylic acids is 2. The van der Waals surface area contributed by atoms with Crippen molar-refractivity contribution in [1.82, 2.24) is 9.47 Å². The van der Waals surface area contributed by atoms with Gasteiger partial charge in [-0.2, -0.15) is 0 Å². The van der Waals surface area contributed by atoms with Crippen LogP contribution in [0.3, 0.4) is 0 Å². The Morgan fingerprint density at radius 2 is 1.64 bits per heavy atom. The van der Waals surface area contributed by atoms with Gasteiger partial charge >= 0.3 is 0 Å². The van der Waals surface area contributed by atoms with Crippen LogP contribution in [-0.4, -0.2) is 33.9 Å². The molecular formula is C27H29N3O3. The molecule has 2 unspecified atom stereocenters. The third-order valence-electron chi connectivity index (χ3n) is 7.86. The quantitative estimate of drug-likeness (QED) is 0.556. The van der Waals surface area contributed by atoms with Crippen LogP contribution >= 0.6 is 0 Å². The van der Waals surface area contributed by atoms with Gasteiger partial charge < -0.3 is 9.30 Å². The highest BCUT2D eigenvalue weighted by molar-refractivity contribution is 6.23. The molecule has 2 bridgehead atoms. The number of carbonyl (C=O) groups is 2. The summed E-state index contributed by atoms with van der Waals surface area (Å²) in [5.74, 6) is -1.40. The van der Waals surface area contributed by atoms with Crippen molar-refractivity contribution in [3.63, 3.8) is 0 Å². The van der Waals surface area contributed by atoms with Crippen molar-refractivity contribution in [2.45, 2.75) is 45.0 Å². The van der Waals surface area contributed by atoms with Gasteiger partial charge in [-0.3, -0.25) is 14.5 Å². The number of ether oxygens (including phenoxy) is 1. The Morgan fingerprint density at radius 1 is 0.970 bits per heavy atom. The van der Waals surface area contributed by atoms with Gasteiger partial charge in [0.05, 0.1) is 23.3 Å². The Balaban J connectivity index is 1.63. The Hall–Kier alpha value is -2.96. The van der Waals surface area contributed by atoms with Crippen molar-refractivity contribution in [2.75, 3.05) is 12.0 Å². The van der Waals surface area contributed by atoms with Gasteiger partial charge in [0.2, 0.25) is 11.8 Å². The summed E-state index contributed by atoms with van der Waals surface area (Å²) < 4.78 is 8.57. The van der Waals surface area contributed by atoms with Crippen LogP contribution in [-0.2, 0) is 27.1 Å². The molecule has 0 aliphatic carbocycles. The molecule has 0 radical (unpaired) electrons. The highest BCUT2D eigenvalue weighted by Crippen LogP contribution is 2.69. The van der Waals surface area contributed by atoms with Gasteiger partial charge in [-0.05, 0) is 45.9 Å². The zero-order valence-corrected chi connectivity index (χ0v) is 19.9. The van der Waals surface area contributed by atoms with Crippen LogP contribution in [0, 0.1) is 18.8 Å². The minimum Gasteiger partial charge on any atom is -0.357 e. The van der Waals surface area contributed by atoms with E-state index in [1.165, 1.54) is 4.90 Å². The zero-order valence-electron chi connectivity index (χ0n) is 19.9. The topological polar surface area (TPSA) is 54.8 Å². The number of hydrogen-bond donors (Lipinski definition) is 0. The smallest absolute Gasteiger partial charge is 0.242 e. The molecule has 0 saturated carbocycles. The first-order valence-electron chi connectivity index (χ1n) is 11.5. The van der Waals surface area contributed by atoms with Gasteiger partial charge in [0.1, 0.15) is 5.92 Å². The zero-order chi connectivity index (χ0) is 23.4. The molecule has 6 rings (SSSR count). The van der Waals surface area contributed by atoms with E-state index in [4.69, 9.17) is 4.74 Å². The number of benzene rings is 2. The molecule has 170 valence electrons. The molecule has 4 heterocycles. The number of rotatable bonds is 2. The van der Waals surface area contributed by atoms with Crippen molar-refractivity contribution in [2.24, 2.45) is 18.9 Å². The van der Waals surface area contributed by atoms with Gasteiger partial charge in [-0.25, -0.2) is 4.90 Å². The molecule has 0 spiro atoms. The maximum Gasteiger partial charge on any atom is 0.242 e. The predicted octanol–water partition coefficient (Wildman–Crippen LogP) is 4.26. The molecule has 2 fully saturated rings. The average molecular weight is 444 g/mol. The summed E-state index contributed by atoms with van der Waals surface area (Å²) in [5.41, 5.74) is 3.61. The number of aromatic nitrogens is 1. The molecule has 1 aromatic heterocycles. The van der Waals surface area contributed by atoms with E-state index in [1.807, 2.05) is 50.4 Å². The maximum absolute atomic E-state index is 14.0. The summed E-state index contributed by atoms with van der Waals surface area (Å²) in [7, 11) is 3.72. The molecule has 2 aromatic carbocycles. The van der Waals surface area contributed by atoms with E-state index in [-0.39, 0.29) is 23.4 Å². The number of hydrogen-bond acceptors (Lipinski definition) is 4. The molecule has 33 heavy (non-hydrogen) atoms. The number of aryl methyl sites for hydroxylation is 2. The molecular weight excluding hydrogens is 414 g/mol. The van der Waals surface area contributed by atoms with Crippen LogP contribution in [0.4, 0.5) is 5.69 Å². The summed E-state index contributed by atoms with van der Waals surface area (Å²) in [4.78, 5) is 31.7. The molecule has 2 saturated heterocycles.